The molecule has 256 valence electrons. The molecule has 0 radical (unpaired) electrons. The minimum absolute atomic E-state index is 0.156. The summed E-state index contributed by atoms with van der Waals surface area (Å²) in [6.45, 7) is 5.65. The van der Waals surface area contributed by atoms with Crippen molar-refractivity contribution in [3.8, 4) is 22.6 Å². The molecule has 0 aliphatic heterocycles. The van der Waals surface area contributed by atoms with Gasteiger partial charge in [-0.2, -0.15) is 13.2 Å². The normalized spacial score (nSPS) is 12.0. The molecule has 0 aliphatic rings. The lowest BCUT2D eigenvalue weighted by Gasteiger charge is -2.21. The monoisotopic (exact) mass is 660 g/mol. The maximum absolute atomic E-state index is 14.7. The number of hydrogen-bond acceptors (Lipinski definition) is 6. The molecule has 3 rings (SSSR count). The first-order valence-corrected chi connectivity index (χ1v) is 16.3. The van der Waals surface area contributed by atoms with Gasteiger partial charge in [-0.25, -0.2) is 14.0 Å². The molecule has 0 amide bonds. The van der Waals surface area contributed by atoms with Gasteiger partial charge in [0.25, 0.3) is 0 Å². The van der Waals surface area contributed by atoms with Crippen LogP contribution < -0.4 is 9.47 Å². The van der Waals surface area contributed by atoms with Gasteiger partial charge in [0, 0.05) is 19.3 Å². The topological polar surface area (TPSA) is 71.1 Å². The van der Waals surface area contributed by atoms with Crippen LogP contribution in [0.25, 0.3) is 11.1 Å². The Morgan fingerprint density at radius 1 is 0.702 bits per heavy atom. The molecule has 6 nitrogen and oxygen atoms in total. The fourth-order valence-electron chi connectivity index (χ4n) is 4.84. The molecule has 0 N–H and O–H groups in total. The van der Waals surface area contributed by atoms with Crippen molar-refractivity contribution in [2.75, 3.05) is 19.8 Å². The zero-order valence-electron chi connectivity index (χ0n) is 27.1. The third kappa shape index (κ3) is 13.0. The van der Waals surface area contributed by atoms with E-state index in [2.05, 4.69) is 11.7 Å². The van der Waals surface area contributed by atoms with Crippen molar-refractivity contribution in [2.45, 2.75) is 90.3 Å². The Bertz CT molecular complexity index is 1370. The molecule has 3 aromatic rings. The van der Waals surface area contributed by atoms with E-state index in [0.29, 0.717) is 32.7 Å². The molecular weight excluding hydrogens is 616 g/mol. The predicted molar refractivity (Wildman–Crippen MR) is 172 cm³/mol. The smallest absolute Gasteiger partial charge is 0.425 e. The average Bonchev–Trinajstić information content (AvgIpc) is 3.05. The predicted octanol–water partition coefficient (Wildman–Crippen LogP) is 10.1. The molecule has 3 aromatic carbocycles. The Kier molecular flexibility index (Phi) is 15.7. The molecule has 0 unspecified atom stereocenters. The molecule has 47 heavy (non-hydrogen) atoms. The van der Waals surface area contributed by atoms with Gasteiger partial charge >= 0.3 is 18.1 Å². The van der Waals surface area contributed by atoms with E-state index < -0.39 is 42.0 Å². The van der Waals surface area contributed by atoms with Gasteiger partial charge in [0.2, 0.25) is 0 Å². The lowest BCUT2D eigenvalue weighted by Crippen LogP contribution is -2.34. The zero-order chi connectivity index (χ0) is 34.1. The number of carbonyl (C=O) groups excluding carboxylic acids is 2. The second kappa shape index (κ2) is 19.7. The number of halogens is 4. The largest absolute Gasteiger partial charge is 0.494 e. The first kappa shape index (κ1) is 37.5. The van der Waals surface area contributed by atoms with Crippen LogP contribution in [0.3, 0.4) is 0 Å². The summed E-state index contributed by atoms with van der Waals surface area (Å²) in [5, 5.41) is 0. The molecule has 0 fully saturated rings. The van der Waals surface area contributed by atoms with Gasteiger partial charge in [0.05, 0.1) is 17.7 Å². The number of hydrogen-bond donors (Lipinski definition) is 0. The van der Waals surface area contributed by atoms with Crippen molar-refractivity contribution in [3.05, 3.63) is 83.7 Å². The van der Waals surface area contributed by atoms with Gasteiger partial charge in [-0.15, -0.1) is 0 Å². The molecule has 0 spiro atoms. The quantitative estimate of drug-likeness (QED) is 0.0520. The summed E-state index contributed by atoms with van der Waals surface area (Å²) in [7, 11) is 0. The average molecular weight is 661 g/mol. The van der Waals surface area contributed by atoms with E-state index in [1.165, 1.54) is 25.7 Å². The van der Waals surface area contributed by atoms with E-state index >= 15 is 0 Å². The fourth-order valence-corrected chi connectivity index (χ4v) is 4.84. The summed E-state index contributed by atoms with van der Waals surface area (Å²) in [6, 6.07) is 17.1. The highest BCUT2D eigenvalue weighted by Gasteiger charge is 2.42. The number of ether oxygens (including phenoxy) is 4. The van der Waals surface area contributed by atoms with Crippen LogP contribution in [-0.2, 0) is 9.47 Å². The van der Waals surface area contributed by atoms with E-state index in [-0.39, 0.29) is 17.7 Å². The van der Waals surface area contributed by atoms with E-state index in [0.717, 1.165) is 47.9 Å². The Balaban J connectivity index is 1.51. The Morgan fingerprint density at radius 2 is 1.30 bits per heavy atom. The number of unbranched alkanes of at least 4 members (excludes halogenated alkanes) is 7. The number of benzene rings is 3. The van der Waals surface area contributed by atoms with Crippen LogP contribution in [0.2, 0.25) is 0 Å². The van der Waals surface area contributed by atoms with Crippen LogP contribution in [0.4, 0.5) is 17.6 Å². The van der Waals surface area contributed by atoms with Crippen molar-refractivity contribution >= 4 is 11.9 Å². The number of carbonyl (C=O) groups is 2. The maximum Gasteiger partial charge on any atom is 0.425 e. The lowest BCUT2D eigenvalue weighted by atomic mass is 10.0. The number of rotatable bonds is 20. The molecule has 0 saturated heterocycles. The summed E-state index contributed by atoms with van der Waals surface area (Å²) in [6.07, 6.45) is 0.738. The van der Waals surface area contributed by atoms with Gasteiger partial charge in [0.1, 0.15) is 17.3 Å². The Morgan fingerprint density at radius 3 is 1.94 bits per heavy atom. The van der Waals surface area contributed by atoms with Crippen LogP contribution in [0, 0.1) is 5.82 Å². The molecule has 0 bridgehead atoms. The summed E-state index contributed by atoms with van der Waals surface area (Å²) in [4.78, 5) is 25.1. The third-order valence-electron chi connectivity index (χ3n) is 7.52. The zero-order valence-corrected chi connectivity index (χ0v) is 27.1. The van der Waals surface area contributed by atoms with Gasteiger partial charge in [-0.05, 0) is 80.1 Å². The highest BCUT2D eigenvalue weighted by molar-refractivity contribution is 5.92. The minimum Gasteiger partial charge on any atom is -0.494 e. The molecule has 0 aromatic heterocycles. The van der Waals surface area contributed by atoms with E-state index in [4.69, 9.17) is 14.2 Å². The number of esters is 2. The first-order valence-electron chi connectivity index (χ1n) is 16.3. The molecular formula is C37H44F4O6. The SMILES string of the molecule is CCCCCCCCOc1ccc(-c2ccc(C(=O)Oc3ccc(C(=O)O[C@H](CCCCCOCC)C(F)(F)F)c(F)c3)cc2)cc1. The van der Waals surface area contributed by atoms with Crippen LogP contribution in [0.5, 0.6) is 11.5 Å². The summed E-state index contributed by atoms with van der Waals surface area (Å²) in [5.41, 5.74) is 1.29. The molecule has 10 heteroatoms. The summed E-state index contributed by atoms with van der Waals surface area (Å²) >= 11 is 0. The van der Waals surface area contributed by atoms with Crippen molar-refractivity contribution in [1.29, 1.82) is 0 Å². The van der Waals surface area contributed by atoms with Crippen LogP contribution in [-0.4, -0.2) is 44.0 Å². The minimum atomic E-state index is -4.80. The van der Waals surface area contributed by atoms with Crippen molar-refractivity contribution in [3.63, 3.8) is 0 Å². The molecule has 0 aliphatic carbocycles. The van der Waals surface area contributed by atoms with E-state index in [1.807, 2.05) is 31.2 Å². The standard InChI is InChI=1S/C37H44F4O6/c1-3-5-6-7-8-12-25-45-30-20-18-28(19-21-30)27-14-16-29(17-15-27)35(42)46-31-22-23-32(33(38)26-31)36(43)47-34(37(39,40)41)13-10-9-11-24-44-4-2/h14-23,26,34H,3-13,24-25H2,1-2H3/t34-/m1/s1. The first-order chi connectivity index (χ1) is 22.6. The highest BCUT2D eigenvalue weighted by Crippen LogP contribution is 2.29. The van der Waals surface area contributed by atoms with Gasteiger partial charge in [0.15, 0.2) is 6.10 Å². The van der Waals surface area contributed by atoms with E-state index in [1.54, 1.807) is 24.3 Å². The second-order valence-electron chi connectivity index (χ2n) is 11.2. The lowest BCUT2D eigenvalue weighted by molar-refractivity contribution is -0.206. The van der Waals surface area contributed by atoms with Crippen LogP contribution in [0.1, 0.15) is 98.8 Å². The maximum atomic E-state index is 14.7. The van der Waals surface area contributed by atoms with Gasteiger partial charge in [-0.3, -0.25) is 0 Å². The fraction of sp³-hybridized carbons (Fsp3) is 0.459. The van der Waals surface area contributed by atoms with Crippen molar-refractivity contribution in [1.82, 2.24) is 0 Å². The highest BCUT2D eigenvalue weighted by atomic mass is 19.4. The van der Waals surface area contributed by atoms with Gasteiger partial charge < -0.3 is 18.9 Å². The Hall–Kier alpha value is -3.92. The summed E-state index contributed by atoms with van der Waals surface area (Å²) < 4.78 is 76.0. The summed E-state index contributed by atoms with van der Waals surface area (Å²) in [5.74, 6) is -2.83. The van der Waals surface area contributed by atoms with Crippen LogP contribution >= 0.6 is 0 Å². The van der Waals surface area contributed by atoms with Crippen molar-refractivity contribution in [2.24, 2.45) is 0 Å². The molecule has 0 saturated carbocycles. The van der Waals surface area contributed by atoms with E-state index in [9.17, 15) is 27.2 Å². The van der Waals surface area contributed by atoms with Crippen LogP contribution in [0.15, 0.2) is 66.7 Å². The third-order valence-corrected chi connectivity index (χ3v) is 7.52. The van der Waals surface area contributed by atoms with Crippen molar-refractivity contribution < 1.29 is 46.1 Å². The van der Waals surface area contributed by atoms with Gasteiger partial charge in [-0.1, -0.05) is 69.7 Å². The molecule has 0 heterocycles. The Labute approximate surface area is 274 Å². The molecule has 1 atom stereocenters. The second-order valence-corrected chi connectivity index (χ2v) is 11.2. The number of alkyl halides is 3.